The van der Waals surface area contributed by atoms with E-state index in [9.17, 15) is 0 Å². The standard InChI is InChI=1S/Fe.Mg.Mn.H4O4Si.2H/c;;;1-5(2,3)4;;/h;;;1-4H;;. The summed E-state index contributed by atoms with van der Waals surface area (Å²) >= 11 is 0. The summed E-state index contributed by atoms with van der Waals surface area (Å²) in [5.41, 5.74) is 0. The van der Waals surface area contributed by atoms with E-state index in [2.05, 4.69) is 0 Å². The molecule has 0 aliphatic carbocycles. The fourth-order valence-corrected chi connectivity index (χ4v) is 0. The molecule has 0 rings (SSSR count). The van der Waals surface area contributed by atoms with Crippen LogP contribution in [0.3, 0.4) is 0 Å². The molecular formula is H6FeMgMnO4Si. The second-order valence-corrected chi connectivity index (χ2v) is 1.80. The van der Waals surface area contributed by atoms with E-state index in [1.807, 2.05) is 0 Å². The molecule has 0 aliphatic rings. The van der Waals surface area contributed by atoms with Gasteiger partial charge in [-0.1, -0.05) is 0 Å². The Balaban J connectivity index is -0.0000000267. The summed E-state index contributed by atoms with van der Waals surface area (Å²) in [4.78, 5) is 29.3. The van der Waals surface area contributed by atoms with Gasteiger partial charge < -0.3 is 19.2 Å². The zero-order valence-electron chi connectivity index (χ0n) is 3.02. The third kappa shape index (κ3) is 107. The van der Waals surface area contributed by atoms with E-state index < -0.39 is 9.05 Å². The SMILES string of the molecule is O[Si](O)(O)O.[Fe].[MgH2].[Mn]. The molecule has 0 spiro atoms. The molecule has 51 valence electrons. The van der Waals surface area contributed by atoms with E-state index in [0.29, 0.717) is 0 Å². The molecule has 0 heterocycles. The number of hydrogen-bond acceptors (Lipinski definition) is 4. The van der Waals surface area contributed by atoms with Crippen LogP contribution in [0.1, 0.15) is 0 Å². The molecule has 8 heavy (non-hydrogen) atoms. The molecule has 4 N–H and O–H groups in total. The van der Waals surface area contributed by atoms with Gasteiger partial charge >= 0.3 is 32.1 Å². The molecule has 0 unspecified atom stereocenters. The van der Waals surface area contributed by atoms with Gasteiger partial charge in [0.2, 0.25) is 0 Å². The van der Waals surface area contributed by atoms with Crippen molar-refractivity contribution >= 4 is 32.1 Å². The molecule has 0 atom stereocenters. The van der Waals surface area contributed by atoms with Crippen LogP contribution in [0.5, 0.6) is 0 Å². The van der Waals surface area contributed by atoms with E-state index in [1.54, 1.807) is 0 Å². The minimum absolute atomic E-state index is 0. The normalized spacial score (nSPS) is 7.50. The third-order valence-corrected chi connectivity index (χ3v) is 0. The Labute approximate surface area is 84.9 Å². The molecule has 0 amide bonds. The minimum atomic E-state index is -4.61. The van der Waals surface area contributed by atoms with Crippen molar-refractivity contribution < 1.29 is 53.3 Å². The van der Waals surface area contributed by atoms with Crippen molar-refractivity contribution in [3.8, 4) is 0 Å². The molecule has 0 aromatic heterocycles. The summed E-state index contributed by atoms with van der Waals surface area (Å²) in [6, 6.07) is 0. The van der Waals surface area contributed by atoms with Gasteiger partial charge in [-0.25, -0.2) is 0 Å². The predicted molar refractivity (Wildman–Crippen MR) is 23.2 cm³/mol. The van der Waals surface area contributed by atoms with E-state index in [1.165, 1.54) is 0 Å². The van der Waals surface area contributed by atoms with Crippen molar-refractivity contribution in [2.75, 3.05) is 0 Å². The van der Waals surface area contributed by atoms with Crippen LogP contribution >= 0.6 is 0 Å². The van der Waals surface area contributed by atoms with Gasteiger partial charge in [-0.05, 0) is 0 Å². The average Bonchev–Trinajstić information content (AvgIpc) is 0.722. The summed E-state index contributed by atoms with van der Waals surface area (Å²) in [6.45, 7) is 0. The zero-order chi connectivity index (χ0) is 4.50. The van der Waals surface area contributed by atoms with Crippen molar-refractivity contribution in [2.45, 2.75) is 0 Å². The minimum Gasteiger partial charge on any atom is -0.368 e. The zero-order valence-corrected chi connectivity index (χ0v) is 6.30. The van der Waals surface area contributed by atoms with E-state index >= 15 is 0 Å². The van der Waals surface area contributed by atoms with Crippen LogP contribution in [-0.4, -0.2) is 51.3 Å². The Bertz CT molecular complexity index is 31.5. The molecule has 0 saturated carbocycles. The molecule has 8 heteroatoms. The van der Waals surface area contributed by atoms with E-state index in [4.69, 9.17) is 19.2 Å². The van der Waals surface area contributed by atoms with E-state index in [0.717, 1.165) is 0 Å². The molecule has 0 aromatic rings. The first kappa shape index (κ1) is 22.5. The molecule has 0 saturated heterocycles. The van der Waals surface area contributed by atoms with Crippen LogP contribution < -0.4 is 0 Å². The van der Waals surface area contributed by atoms with Gasteiger partial charge in [0.1, 0.15) is 0 Å². The maximum atomic E-state index is 7.33. The topological polar surface area (TPSA) is 80.9 Å². The first-order valence-electron chi connectivity index (χ1n) is 0.894. The quantitative estimate of drug-likeness (QED) is 0.327. The van der Waals surface area contributed by atoms with Gasteiger partial charge in [-0.3, -0.25) is 0 Å². The monoisotopic (exact) mass is 233 g/mol. The van der Waals surface area contributed by atoms with Crippen LogP contribution in [0.2, 0.25) is 0 Å². The van der Waals surface area contributed by atoms with Gasteiger partial charge in [-0.15, -0.1) is 0 Å². The molecule has 4 nitrogen and oxygen atoms in total. The van der Waals surface area contributed by atoms with Gasteiger partial charge in [0.25, 0.3) is 0 Å². The fourth-order valence-electron chi connectivity index (χ4n) is 0. The number of rotatable bonds is 0. The summed E-state index contributed by atoms with van der Waals surface area (Å²) in [6.07, 6.45) is 0. The average molecular weight is 233 g/mol. The van der Waals surface area contributed by atoms with Crippen LogP contribution in [0.15, 0.2) is 0 Å². The van der Waals surface area contributed by atoms with Crippen molar-refractivity contribution in [3.63, 3.8) is 0 Å². The summed E-state index contributed by atoms with van der Waals surface area (Å²) in [5.74, 6) is 0. The van der Waals surface area contributed by atoms with Crippen molar-refractivity contribution in [3.05, 3.63) is 0 Å². The molecular weight excluding hydrogens is 227 g/mol. The largest absolute Gasteiger partial charge is 0.668 e. The Hall–Kier alpha value is 1.86. The van der Waals surface area contributed by atoms with Crippen LogP contribution in [0.4, 0.5) is 0 Å². The smallest absolute Gasteiger partial charge is 0.368 e. The van der Waals surface area contributed by atoms with Crippen molar-refractivity contribution in [2.24, 2.45) is 0 Å². The predicted octanol–water partition coefficient (Wildman–Crippen LogP) is -3.53. The Morgan fingerprint density at radius 3 is 0.875 bits per heavy atom. The third-order valence-electron chi connectivity index (χ3n) is 0. The first-order chi connectivity index (χ1) is 2.00. The Kier molecular flexibility index (Phi) is 25.0. The van der Waals surface area contributed by atoms with E-state index in [-0.39, 0.29) is 57.2 Å². The Morgan fingerprint density at radius 2 is 0.875 bits per heavy atom. The second kappa shape index (κ2) is 8.86. The van der Waals surface area contributed by atoms with Gasteiger partial charge in [0.15, 0.2) is 0 Å². The second-order valence-electron chi connectivity index (χ2n) is 0.600. The maximum absolute atomic E-state index is 7.33. The van der Waals surface area contributed by atoms with Crippen LogP contribution in [0, 0.1) is 0 Å². The van der Waals surface area contributed by atoms with Crippen LogP contribution in [0.25, 0.3) is 0 Å². The molecule has 1 radical (unpaired) electrons. The molecule has 0 aromatic carbocycles. The van der Waals surface area contributed by atoms with Crippen molar-refractivity contribution in [1.82, 2.24) is 0 Å². The molecule has 0 bridgehead atoms. The molecule has 0 fully saturated rings. The summed E-state index contributed by atoms with van der Waals surface area (Å²) < 4.78 is 0. The van der Waals surface area contributed by atoms with Gasteiger partial charge in [0, 0.05) is 34.1 Å². The van der Waals surface area contributed by atoms with Crippen molar-refractivity contribution in [1.29, 1.82) is 0 Å². The Morgan fingerprint density at radius 1 is 0.875 bits per heavy atom. The molecule has 0 aliphatic heterocycles. The van der Waals surface area contributed by atoms with Crippen LogP contribution in [-0.2, 0) is 34.1 Å². The first-order valence-corrected chi connectivity index (χ1v) is 2.68. The van der Waals surface area contributed by atoms with Gasteiger partial charge in [0.05, 0.1) is 0 Å². The maximum Gasteiger partial charge on any atom is 0.668 e. The summed E-state index contributed by atoms with van der Waals surface area (Å²) in [5, 5.41) is 0. The summed E-state index contributed by atoms with van der Waals surface area (Å²) in [7, 11) is -4.61. The van der Waals surface area contributed by atoms with Gasteiger partial charge in [-0.2, -0.15) is 0 Å². The fraction of sp³-hybridized carbons (Fsp3) is 0. The number of hydrogen-bond donors (Lipinski definition) is 4.